The Labute approximate surface area is 170 Å². The van der Waals surface area contributed by atoms with Gasteiger partial charge in [-0.1, -0.05) is 24.3 Å². The smallest absolute Gasteiger partial charge is 0.249 e. The van der Waals surface area contributed by atoms with Crippen LogP contribution in [0.25, 0.3) is 20.7 Å². The van der Waals surface area contributed by atoms with Gasteiger partial charge in [-0.2, -0.15) is 0 Å². The number of nitrogens with zero attached hydrogens (tertiary/aromatic N) is 2. The quantitative estimate of drug-likeness (QED) is 0.525. The number of hydrogen-bond acceptors (Lipinski definition) is 7. The Morgan fingerprint density at radius 1 is 1.10 bits per heavy atom. The molecule has 2 aromatic heterocycles. The van der Waals surface area contributed by atoms with Crippen molar-refractivity contribution >= 4 is 33.3 Å². The standard InChI is InChI=1S/C21H16N4O3S/c22-20(26)14-4-2-1-3-13(14)18-8-15-19(29-18)21(25-10-24-15)23-9-12-5-6-16-17(7-12)28-11-27-16/h1-8,10H,9,11H2,(H2,22,26)(H,23,24,25). The number of benzene rings is 2. The minimum absolute atomic E-state index is 0.253. The molecule has 3 N–H and O–H groups in total. The van der Waals surface area contributed by atoms with Crippen LogP contribution in [-0.2, 0) is 6.54 Å². The monoisotopic (exact) mass is 404 g/mol. The van der Waals surface area contributed by atoms with Crippen LogP contribution in [0, 0.1) is 0 Å². The SMILES string of the molecule is NC(=O)c1ccccc1-c1cc2ncnc(NCc3ccc4c(c3)OCO4)c2s1. The van der Waals surface area contributed by atoms with E-state index >= 15 is 0 Å². The van der Waals surface area contributed by atoms with Crippen molar-refractivity contribution in [1.82, 2.24) is 9.97 Å². The number of aromatic nitrogens is 2. The topological polar surface area (TPSA) is 99.4 Å². The van der Waals surface area contributed by atoms with E-state index in [4.69, 9.17) is 15.2 Å². The molecule has 144 valence electrons. The Morgan fingerprint density at radius 3 is 2.86 bits per heavy atom. The van der Waals surface area contributed by atoms with Crippen molar-refractivity contribution < 1.29 is 14.3 Å². The summed E-state index contributed by atoms with van der Waals surface area (Å²) in [5, 5.41) is 3.37. The van der Waals surface area contributed by atoms with Gasteiger partial charge in [0.25, 0.3) is 0 Å². The summed E-state index contributed by atoms with van der Waals surface area (Å²) in [7, 11) is 0. The summed E-state index contributed by atoms with van der Waals surface area (Å²) in [5.74, 6) is 1.79. The van der Waals surface area contributed by atoms with Gasteiger partial charge in [0, 0.05) is 22.5 Å². The number of ether oxygens (including phenoxy) is 2. The fourth-order valence-corrected chi connectivity index (χ4v) is 4.38. The molecule has 7 nitrogen and oxygen atoms in total. The number of anilines is 1. The molecule has 0 atom stereocenters. The van der Waals surface area contributed by atoms with Gasteiger partial charge in [0.15, 0.2) is 11.5 Å². The number of nitrogens with two attached hydrogens (primary N) is 1. The third-order valence-electron chi connectivity index (χ3n) is 4.67. The highest BCUT2D eigenvalue weighted by Crippen LogP contribution is 2.37. The number of hydrogen-bond donors (Lipinski definition) is 2. The third kappa shape index (κ3) is 3.23. The molecule has 1 aliphatic rings. The number of carbonyl (C=O) groups is 1. The van der Waals surface area contributed by atoms with Crippen molar-refractivity contribution in [1.29, 1.82) is 0 Å². The molecule has 5 rings (SSSR count). The Bertz CT molecular complexity index is 1240. The molecule has 29 heavy (non-hydrogen) atoms. The first-order valence-corrected chi connectivity index (χ1v) is 9.77. The molecule has 0 fully saturated rings. The molecule has 0 unspecified atom stereocenters. The number of thiophene rings is 1. The number of amides is 1. The molecular formula is C21H16N4O3S. The zero-order chi connectivity index (χ0) is 19.8. The van der Waals surface area contributed by atoms with E-state index in [1.807, 2.05) is 36.4 Å². The van der Waals surface area contributed by atoms with E-state index in [1.54, 1.807) is 12.1 Å². The number of carbonyl (C=O) groups excluding carboxylic acids is 1. The van der Waals surface area contributed by atoms with Crippen LogP contribution in [0.3, 0.4) is 0 Å². The Hall–Kier alpha value is -3.65. The predicted molar refractivity (Wildman–Crippen MR) is 111 cm³/mol. The Kier molecular flexibility index (Phi) is 4.25. The third-order valence-corrected chi connectivity index (χ3v) is 5.83. The zero-order valence-corrected chi connectivity index (χ0v) is 16.0. The van der Waals surface area contributed by atoms with Gasteiger partial charge in [-0.25, -0.2) is 9.97 Å². The van der Waals surface area contributed by atoms with Gasteiger partial charge in [-0.3, -0.25) is 4.79 Å². The van der Waals surface area contributed by atoms with Crippen molar-refractivity contribution in [2.45, 2.75) is 6.54 Å². The molecule has 0 radical (unpaired) electrons. The van der Waals surface area contributed by atoms with E-state index in [0.717, 1.165) is 43.5 Å². The van der Waals surface area contributed by atoms with Gasteiger partial charge in [0.05, 0.1) is 10.2 Å². The average molecular weight is 404 g/mol. The zero-order valence-electron chi connectivity index (χ0n) is 15.2. The lowest BCUT2D eigenvalue weighted by Crippen LogP contribution is -2.11. The van der Waals surface area contributed by atoms with Crippen LogP contribution in [0.5, 0.6) is 11.5 Å². The van der Waals surface area contributed by atoms with E-state index in [2.05, 4.69) is 15.3 Å². The van der Waals surface area contributed by atoms with Gasteiger partial charge in [0.1, 0.15) is 12.1 Å². The lowest BCUT2D eigenvalue weighted by Gasteiger charge is -2.07. The summed E-state index contributed by atoms with van der Waals surface area (Å²) >= 11 is 1.52. The second-order valence-corrected chi connectivity index (χ2v) is 7.55. The van der Waals surface area contributed by atoms with Crippen LogP contribution >= 0.6 is 11.3 Å². The highest BCUT2D eigenvalue weighted by Gasteiger charge is 2.16. The van der Waals surface area contributed by atoms with Crippen LogP contribution < -0.4 is 20.5 Å². The molecule has 1 aliphatic heterocycles. The van der Waals surface area contributed by atoms with Gasteiger partial charge in [0.2, 0.25) is 12.7 Å². The summed E-state index contributed by atoms with van der Waals surface area (Å²) in [6.07, 6.45) is 1.53. The number of primary amides is 1. The lowest BCUT2D eigenvalue weighted by atomic mass is 10.1. The highest BCUT2D eigenvalue weighted by atomic mass is 32.1. The summed E-state index contributed by atoms with van der Waals surface area (Å²) in [6, 6.07) is 15.1. The molecule has 2 aromatic carbocycles. The van der Waals surface area contributed by atoms with Crippen LogP contribution in [0.1, 0.15) is 15.9 Å². The molecule has 3 heterocycles. The van der Waals surface area contributed by atoms with Crippen molar-refractivity contribution in [3.63, 3.8) is 0 Å². The molecular weight excluding hydrogens is 388 g/mol. The second kappa shape index (κ2) is 7.06. The summed E-state index contributed by atoms with van der Waals surface area (Å²) < 4.78 is 11.7. The molecule has 0 saturated carbocycles. The minimum Gasteiger partial charge on any atom is -0.454 e. The number of rotatable bonds is 5. The fraction of sp³-hybridized carbons (Fsp3) is 0.0952. The largest absolute Gasteiger partial charge is 0.454 e. The normalized spacial score (nSPS) is 12.3. The number of nitrogens with one attached hydrogen (secondary N) is 1. The molecule has 4 aromatic rings. The van der Waals surface area contributed by atoms with Crippen molar-refractivity contribution in [3.05, 3.63) is 66.0 Å². The molecule has 0 bridgehead atoms. The van der Waals surface area contributed by atoms with Crippen molar-refractivity contribution in [2.24, 2.45) is 5.73 Å². The molecule has 0 spiro atoms. The van der Waals surface area contributed by atoms with E-state index in [1.165, 1.54) is 17.7 Å². The maximum atomic E-state index is 11.8. The van der Waals surface area contributed by atoms with E-state index in [0.29, 0.717) is 12.1 Å². The fourth-order valence-electron chi connectivity index (χ4n) is 3.26. The predicted octanol–water partition coefficient (Wildman–Crippen LogP) is 3.80. The van der Waals surface area contributed by atoms with Gasteiger partial charge >= 0.3 is 0 Å². The summed E-state index contributed by atoms with van der Waals surface area (Å²) in [5.41, 5.74) is 8.68. The maximum absolute atomic E-state index is 11.8. The summed E-state index contributed by atoms with van der Waals surface area (Å²) in [4.78, 5) is 21.5. The first-order valence-electron chi connectivity index (χ1n) is 8.95. The Morgan fingerprint density at radius 2 is 1.97 bits per heavy atom. The highest BCUT2D eigenvalue weighted by molar-refractivity contribution is 7.22. The van der Waals surface area contributed by atoms with Crippen LogP contribution in [0.2, 0.25) is 0 Å². The van der Waals surface area contributed by atoms with Gasteiger partial charge < -0.3 is 20.5 Å². The molecule has 8 heteroatoms. The molecule has 1 amide bonds. The Balaban J connectivity index is 1.46. The maximum Gasteiger partial charge on any atom is 0.249 e. The van der Waals surface area contributed by atoms with Crippen LogP contribution in [0.15, 0.2) is 54.9 Å². The van der Waals surface area contributed by atoms with Crippen molar-refractivity contribution in [3.8, 4) is 21.9 Å². The van der Waals surface area contributed by atoms with E-state index in [9.17, 15) is 4.79 Å². The van der Waals surface area contributed by atoms with E-state index in [-0.39, 0.29) is 6.79 Å². The van der Waals surface area contributed by atoms with Crippen LogP contribution in [-0.4, -0.2) is 22.7 Å². The van der Waals surface area contributed by atoms with Crippen molar-refractivity contribution in [2.75, 3.05) is 12.1 Å². The number of fused-ring (bicyclic) bond motifs is 2. The lowest BCUT2D eigenvalue weighted by molar-refractivity contribution is 0.100. The molecule has 0 aliphatic carbocycles. The first-order chi connectivity index (χ1) is 14.2. The first kappa shape index (κ1) is 17.4. The second-order valence-electron chi connectivity index (χ2n) is 6.50. The minimum atomic E-state index is -0.453. The average Bonchev–Trinajstić information content (AvgIpc) is 3.38. The van der Waals surface area contributed by atoms with Gasteiger partial charge in [-0.05, 0) is 29.8 Å². The van der Waals surface area contributed by atoms with Gasteiger partial charge in [-0.15, -0.1) is 11.3 Å². The summed E-state index contributed by atoms with van der Waals surface area (Å²) in [6.45, 7) is 0.831. The van der Waals surface area contributed by atoms with E-state index < -0.39 is 5.91 Å². The van der Waals surface area contributed by atoms with Crippen LogP contribution in [0.4, 0.5) is 5.82 Å². The molecule has 0 saturated heterocycles.